The molecule has 5 nitrogen and oxygen atoms in total. The summed E-state index contributed by atoms with van der Waals surface area (Å²) in [7, 11) is -3.79. The molecule has 3 aromatic carbocycles. The minimum Gasteiger partial charge on any atom is -0.331 e. The Morgan fingerprint density at radius 1 is 1.06 bits per heavy atom. The molecule has 1 aliphatic carbocycles. The maximum atomic E-state index is 14.2. The Bertz CT molecular complexity index is 1220. The zero-order valence-corrected chi connectivity index (χ0v) is 19.0. The summed E-state index contributed by atoms with van der Waals surface area (Å²) in [5, 5.41) is 0.270. The van der Waals surface area contributed by atoms with Crippen LogP contribution in [0.1, 0.15) is 34.3 Å². The van der Waals surface area contributed by atoms with Crippen molar-refractivity contribution < 1.29 is 17.6 Å². The molecule has 0 radical (unpaired) electrons. The fourth-order valence-corrected chi connectivity index (χ4v) is 4.67. The van der Waals surface area contributed by atoms with Gasteiger partial charge in [0, 0.05) is 27.9 Å². The van der Waals surface area contributed by atoms with Crippen molar-refractivity contribution in [3.05, 3.63) is 94.3 Å². The summed E-state index contributed by atoms with van der Waals surface area (Å²) in [5.74, 6) is -0.748. The van der Waals surface area contributed by atoms with Gasteiger partial charge in [0.2, 0.25) is 0 Å². The first-order valence-electron chi connectivity index (χ1n) is 10.2. The number of rotatable bonds is 7. The zero-order valence-electron chi connectivity index (χ0n) is 17.4. The second kappa shape index (κ2) is 8.92. The minimum atomic E-state index is -3.79. The normalized spacial score (nSPS) is 13.6. The molecule has 0 spiro atoms. The van der Waals surface area contributed by atoms with Gasteiger partial charge in [0.05, 0.1) is 11.4 Å². The summed E-state index contributed by atoms with van der Waals surface area (Å²) in [6, 6.07) is 17.2. The molecule has 0 heterocycles. The predicted octanol–water partition coefficient (Wildman–Crippen LogP) is 5.39. The van der Waals surface area contributed by atoms with Crippen LogP contribution in [-0.2, 0) is 16.6 Å². The lowest BCUT2D eigenvalue weighted by molar-refractivity contribution is 0.0728. The van der Waals surface area contributed by atoms with Crippen molar-refractivity contribution in [1.82, 2.24) is 4.90 Å². The third-order valence-corrected chi connectivity index (χ3v) is 7.11. The number of amides is 1. The molecule has 1 N–H and O–H groups in total. The Hall–Kier alpha value is -2.90. The van der Waals surface area contributed by atoms with Crippen molar-refractivity contribution in [2.45, 2.75) is 37.2 Å². The molecule has 0 aliphatic heterocycles. The maximum absolute atomic E-state index is 14.2. The van der Waals surface area contributed by atoms with E-state index in [1.807, 2.05) is 19.1 Å². The molecule has 3 aromatic rings. The first kappa shape index (κ1) is 22.3. The highest BCUT2D eigenvalue weighted by atomic mass is 35.5. The van der Waals surface area contributed by atoms with E-state index in [1.54, 1.807) is 23.1 Å². The standard InChI is InChI=1S/C24H22ClFN2O3S/c1-16-5-9-18(10-6-16)27-32(30,31)20-13-7-17(8-14-20)24(29)28(19-11-12-19)15-21-22(25)3-2-4-23(21)26/h2-10,13-14,19,27H,11-12,15H2,1H3. The van der Waals surface area contributed by atoms with E-state index < -0.39 is 15.8 Å². The van der Waals surface area contributed by atoms with Crippen LogP contribution in [0.5, 0.6) is 0 Å². The molecule has 0 saturated heterocycles. The van der Waals surface area contributed by atoms with Crippen LogP contribution >= 0.6 is 11.6 Å². The average Bonchev–Trinajstić information content (AvgIpc) is 3.60. The highest BCUT2D eigenvalue weighted by Crippen LogP contribution is 2.32. The molecule has 166 valence electrons. The third kappa shape index (κ3) is 4.95. The molecule has 1 saturated carbocycles. The molecule has 0 aromatic heterocycles. The van der Waals surface area contributed by atoms with Gasteiger partial charge in [-0.1, -0.05) is 35.4 Å². The topological polar surface area (TPSA) is 66.5 Å². The number of carbonyl (C=O) groups is 1. The van der Waals surface area contributed by atoms with Crippen molar-refractivity contribution in [2.24, 2.45) is 0 Å². The summed E-state index contributed by atoms with van der Waals surface area (Å²) in [5.41, 5.74) is 2.08. The van der Waals surface area contributed by atoms with E-state index in [0.717, 1.165) is 18.4 Å². The van der Waals surface area contributed by atoms with Gasteiger partial charge in [0.25, 0.3) is 15.9 Å². The van der Waals surface area contributed by atoms with Gasteiger partial charge < -0.3 is 4.90 Å². The molecule has 0 atom stereocenters. The number of aryl methyl sites for hydroxylation is 1. The Balaban J connectivity index is 1.53. The summed E-state index contributed by atoms with van der Waals surface area (Å²) in [4.78, 5) is 14.8. The highest BCUT2D eigenvalue weighted by Gasteiger charge is 2.34. The second-order valence-corrected chi connectivity index (χ2v) is 9.95. The third-order valence-electron chi connectivity index (χ3n) is 5.35. The molecule has 1 amide bonds. The van der Waals surface area contributed by atoms with Crippen LogP contribution in [0.3, 0.4) is 0 Å². The lowest BCUT2D eigenvalue weighted by Crippen LogP contribution is -2.33. The molecule has 0 unspecified atom stereocenters. The lowest BCUT2D eigenvalue weighted by Gasteiger charge is -2.23. The molecule has 8 heteroatoms. The van der Waals surface area contributed by atoms with E-state index in [-0.39, 0.29) is 34.0 Å². The Labute approximate surface area is 191 Å². The number of benzene rings is 3. The SMILES string of the molecule is Cc1ccc(NS(=O)(=O)c2ccc(C(=O)N(Cc3c(F)cccc3Cl)C3CC3)cc2)cc1. The van der Waals surface area contributed by atoms with Gasteiger partial charge in [-0.15, -0.1) is 0 Å². The summed E-state index contributed by atoms with van der Waals surface area (Å²) in [6.45, 7) is 1.98. The zero-order chi connectivity index (χ0) is 22.9. The van der Waals surface area contributed by atoms with Crippen molar-refractivity contribution in [2.75, 3.05) is 4.72 Å². The fraction of sp³-hybridized carbons (Fsp3) is 0.208. The second-order valence-electron chi connectivity index (χ2n) is 7.86. The monoisotopic (exact) mass is 472 g/mol. The lowest BCUT2D eigenvalue weighted by atomic mass is 10.1. The van der Waals surface area contributed by atoms with Crippen LogP contribution in [0.15, 0.2) is 71.6 Å². The van der Waals surface area contributed by atoms with Gasteiger partial charge in [-0.2, -0.15) is 0 Å². The van der Waals surface area contributed by atoms with Crippen LogP contribution in [-0.4, -0.2) is 25.3 Å². The van der Waals surface area contributed by atoms with Crippen LogP contribution in [0.4, 0.5) is 10.1 Å². The molecule has 1 fully saturated rings. The molecule has 4 rings (SSSR count). The van der Waals surface area contributed by atoms with Gasteiger partial charge in [-0.05, 0) is 68.3 Å². The predicted molar refractivity (Wildman–Crippen MR) is 123 cm³/mol. The van der Waals surface area contributed by atoms with E-state index in [0.29, 0.717) is 11.3 Å². The Kier molecular flexibility index (Phi) is 6.22. The van der Waals surface area contributed by atoms with Gasteiger partial charge >= 0.3 is 0 Å². The minimum absolute atomic E-state index is 0.0183. The van der Waals surface area contributed by atoms with E-state index in [1.165, 1.54) is 36.4 Å². The number of nitrogens with one attached hydrogen (secondary N) is 1. The van der Waals surface area contributed by atoms with Crippen molar-refractivity contribution in [1.29, 1.82) is 0 Å². The van der Waals surface area contributed by atoms with Crippen LogP contribution in [0.2, 0.25) is 5.02 Å². The number of hydrogen-bond acceptors (Lipinski definition) is 3. The van der Waals surface area contributed by atoms with E-state index >= 15 is 0 Å². The first-order valence-corrected chi connectivity index (χ1v) is 12.0. The van der Waals surface area contributed by atoms with Gasteiger partial charge in [0.15, 0.2) is 0 Å². The highest BCUT2D eigenvalue weighted by molar-refractivity contribution is 7.92. The molecule has 32 heavy (non-hydrogen) atoms. The molecule has 1 aliphatic rings. The molecular weight excluding hydrogens is 451 g/mol. The number of nitrogens with zero attached hydrogens (tertiary/aromatic N) is 1. The fourth-order valence-electron chi connectivity index (χ4n) is 3.38. The van der Waals surface area contributed by atoms with Crippen molar-refractivity contribution in [3.63, 3.8) is 0 Å². The number of carbonyl (C=O) groups excluding carboxylic acids is 1. The Morgan fingerprint density at radius 2 is 1.72 bits per heavy atom. The largest absolute Gasteiger partial charge is 0.331 e. The van der Waals surface area contributed by atoms with Gasteiger partial charge in [-0.3, -0.25) is 9.52 Å². The first-order chi connectivity index (χ1) is 15.2. The molecule has 0 bridgehead atoms. The summed E-state index contributed by atoms with van der Waals surface area (Å²) < 4.78 is 42.1. The van der Waals surface area contributed by atoms with Gasteiger partial charge in [-0.25, -0.2) is 12.8 Å². The smallest absolute Gasteiger partial charge is 0.261 e. The van der Waals surface area contributed by atoms with E-state index in [2.05, 4.69) is 4.72 Å². The number of sulfonamides is 1. The summed E-state index contributed by atoms with van der Waals surface area (Å²) in [6.07, 6.45) is 1.68. The quantitative estimate of drug-likeness (QED) is 0.501. The molecular formula is C24H22ClFN2O3S. The number of halogens is 2. The summed E-state index contributed by atoms with van der Waals surface area (Å²) >= 11 is 6.14. The van der Waals surface area contributed by atoms with Crippen molar-refractivity contribution >= 4 is 33.2 Å². The number of hydrogen-bond donors (Lipinski definition) is 1. The Morgan fingerprint density at radius 3 is 2.31 bits per heavy atom. The van der Waals surface area contributed by atoms with Crippen LogP contribution in [0.25, 0.3) is 0 Å². The van der Waals surface area contributed by atoms with Crippen molar-refractivity contribution in [3.8, 4) is 0 Å². The number of anilines is 1. The van der Waals surface area contributed by atoms with E-state index in [4.69, 9.17) is 11.6 Å². The van der Waals surface area contributed by atoms with Crippen LogP contribution < -0.4 is 4.72 Å². The van der Waals surface area contributed by atoms with E-state index in [9.17, 15) is 17.6 Å². The van der Waals surface area contributed by atoms with Gasteiger partial charge in [0.1, 0.15) is 5.82 Å². The average molecular weight is 473 g/mol. The van der Waals surface area contributed by atoms with Crippen LogP contribution in [0, 0.1) is 12.7 Å². The maximum Gasteiger partial charge on any atom is 0.261 e.